The Morgan fingerprint density at radius 1 is 0.405 bits per heavy atom. The molecule has 0 saturated carbocycles. The van der Waals surface area contributed by atoms with Crippen LogP contribution in [0.4, 0.5) is 0 Å². The number of hydrogen-bond acceptors (Lipinski definition) is 5. The summed E-state index contributed by atoms with van der Waals surface area (Å²) < 4.78 is 8.94. The van der Waals surface area contributed by atoms with Gasteiger partial charge in [0.25, 0.3) is 0 Å². The monoisotopic (exact) mass is 555 g/mol. The van der Waals surface area contributed by atoms with Crippen molar-refractivity contribution in [3.8, 4) is 56.8 Å². The summed E-state index contributed by atoms with van der Waals surface area (Å²) in [6, 6.07) is 43.7. The van der Waals surface area contributed by atoms with Crippen LogP contribution in [0.15, 0.2) is 127 Å². The molecule has 0 aliphatic carbocycles. The first-order valence-corrected chi connectivity index (χ1v) is 14.7. The summed E-state index contributed by atoms with van der Waals surface area (Å²) in [5, 5.41) is 4.91. The second-order valence-corrected chi connectivity index (χ2v) is 11.5. The normalized spacial score (nSPS) is 12.0. The first-order valence-electron chi connectivity index (χ1n) is 13.9. The highest BCUT2D eigenvalue weighted by atomic mass is 32.1. The SMILES string of the molecule is c1ccc(-c2nc(-c3ccccc3)nc(-c3ccc(-c4ccc5c6c4ccc4sc7cccc(c7c46)O5)cc3)n2)cc1. The molecule has 0 unspecified atom stereocenters. The van der Waals surface area contributed by atoms with Gasteiger partial charge in [-0.05, 0) is 40.8 Å². The van der Waals surface area contributed by atoms with Crippen molar-refractivity contribution in [2.75, 3.05) is 0 Å². The number of aromatic nitrogens is 3. The van der Waals surface area contributed by atoms with Crippen LogP contribution in [0.3, 0.4) is 0 Å². The zero-order chi connectivity index (χ0) is 27.6. The summed E-state index contributed by atoms with van der Waals surface area (Å²) in [5.41, 5.74) is 5.17. The Morgan fingerprint density at radius 2 is 0.976 bits per heavy atom. The van der Waals surface area contributed by atoms with E-state index in [0.29, 0.717) is 17.5 Å². The van der Waals surface area contributed by atoms with Gasteiger partial charge in [0.2, 0.25) is 0 Å². The van der Waals surface area contributed by atoms with Crippen molar-refractivity contribution in [2.45, 2.75) is 0 Å². The predicted octanol–water partition coefficient (Wildman–Crippen LogP) is 10.2. The van der Waals surface area contributed by atoms with E-state index in [-0.39, 0.29) is 0 Å². The fraction of sp³-hybridized carbons (Fsp3) is 0. The minimum Gasteiger partial charge on any atom is -0.456 e. The van der Waals surface area contributed by atoms with E-state index in [4.69, 9.17) is 19.7 Å². The molecule has 0 spiro atoms. The van der Waals surface area contributed by atoms with Crippen LogP contribution in [0.2, 0.25) is 0 Å². The Labute approximate surface area is 245 Å². The maximum absolute atomic E-state index is 6.39. The Bertz CT molecular complexity index is 2250. The Balaban J connectivity index is 1.18. The molecule has 1 aliphatic heterocycles. The lowest BCUT2D eigenvalue weighted by Crippen LogP contribution is -2.00. The van der Waals surface area contributed by atoms with E-state index in [2.05, 4.69) is 66.7 Å². The fourth-order valence-corrected chi connectivity index (χ4v) is 7.10. The zero-order valence-electron chi connectivity index (χ0n) is 22.3. The maximum atomic E-state index is 6.39. The molecule has 6 aromatic carbocycles. The Morgan fingerprint density at radius 3 is 1.64 bits per heavy atom. The summed E-state index contributed by atoms with van der Waals surface area (Å²) in [6.07, 6.45) is 0. The second kappa shape index (κ2) is 9.06. The molecule has 0 bridgehead atoms. The van der Waals surface area contributed by atoms with Gasteiger partial charge in [0.15, 0.2) is 17.5 Å². The number of benzene rings is 6. The summed E-state index contributed by atoms with van der Waals surface area (Å²) >= 11 is 1.83. The van der Waals surface area contributed by atoms with Gasteiger partial charge < -0.3 is 4.74 Å². The van der Waals surface area contributed by atoms with Crippen LogP contribution >= 0.6 is 11.3 Å². The van der Waals surface area contributed by atoms with Gasteiger partial charge in [0, 0.05) is 42.2 Å². The second-order valence-electron chi connectivity index (χ2n) is 10.4. The van der Waals surface area contributed by atoms with Gasteiger partial charge in [0.05, 0.1) is 0 Å². The molecule has 0 saturated heterocycles. The molecule has 4 nitrogen and oxygen atoms in total. The first-order chi connectivity index (χ1) is 20.8. The number of hydrogen-bond donors (Lipinski definition) is 0. The lowest BCUT2D eigenvalue weighted by molar-refractivity contribution is 0.493. The van der Waals surface area contributed by atoms with Crippen LogP contribution in [-0.2, 0) is 0 Å². The first kappa shape index (κ1) is 23.3. The van der Waals surface area contributed by atoms with Crippen LogP contribution in [0.25, 0.3) is 76.2 Å². The van der Waals surface area contributed by atoms with Crippen LogP contribution in [0.1, 0.15) is 0 Å². The summed E-state index contributed by atoms with van der Waals surface area (Å²) in [5.74, 6) is 3.83. The molecular formula is C37H21N3OS. The number of ether oxygens (including phenoxy) is 1. The molecule has 3 heterocycles. The average molecular weight is 556 g/mol. The molecule has 1 aliphatic rings. The highest BCUT2D eigenvalue weighted by molar-refractivity contribution is 7.26. The summed E-state index contributed by atoms with van der Waals surface area (Å²) in [6.45, 7) is 0. The largest absolute Gasteiger partial charge is 0.456 e. The molecule has 196 valence electrons. The smallest absolute Gasteiger partial charge is 0.164 e. The van der Waals surface area contributed by atoms with Crippen molar-refractivity contribution < 1.29 is 4.74 Å². The van der Waals surface area contributed by atoms with Gasteiger partial charge >= 0.3 is 0 Å². The lowest BCUT2D eigenvalue weighted by Gasteiger charge is -2.18. The molecule has 0 fully saturated rings. The van der Waals surface area contributed by atoms with Gasteiger partial charge in [-0.1, -0.05) is 103 Å². The predicted molar refractivity (Wildman–Crippen MR) is 172 cm³/mol. The highest BCUT2D eigenvalue weighted by Gasteiger charge is 2.22. The Kier molecular flexibility index (Phi) is 5.03. The molecule has 0 radical (unpaired) electrons. The summed E-state index contributed by atoms with van der Waals surface area (Å²) in [7, 11) is 0. The third-order valence-electron chi connectivity index (χ3n) is 7.94. The van der Waals surface area contributed by atoms with Crippen molar-refractivity contribution in [1.82, 2.24) is 15.0 Å². The van der Waals surface area contributed by atoms with Gasteiger partial charge in [-0.15, -0.1) is 11.3 Å². The van der Waals surface area contributed by atoms with Crippen LogP contribution in [-0.4, -0.2) is 15.0 Å². The summed E-state index contributed by atoms with van der Waals surface area (Å²) in [4.78, 5) is 14.6. The topological polar surface area (TPSA) is 47.9 Å². The molecule has 0 atom stereocenters. The molecule has 5 heteroatoms. The minimum absolute atomic E-state index is 0.649. The van der Waals surface area contributed by atoms with E-state index < -0.39 is 0 Å². The highest BCUT2D eigenvalue weighted by Crippen LogP contribution is 2.51. The molecule has 0 amide bonds. The van der Waals surface area contributed by atoms with E-state index in [1.165, 1.54) is 36.5 Å². The van der Waals surface area contributed by atoms with E-state index in [1.54, 1.807) is 0 Å². The minimum atomic E-state index is 0.649. The maximum Gasteiger partial charge on any atom is 0.164 e. The fourth-order valence-electron chi connectivity index (χ4n) is 5.97. The van der Waals surface area contributed by atoms with Crippen LogP contribution < -0.4 is 4.74 Å². The molecular weight excluding hydrogens is 534 g/mol. The van der Waals surface area contributed by atoms with Crippen LogP contribution in [0, 0.1) is 0 Å². The van der Waals surface area contributed by atoms with E-state index in [0.717, 1.165) is 33.8 Å². The van der Waals surface area contributed by atoms with Gasteiger partial charge in [-0.3, -0.25) is 0 Å². The molecule has 0 N–H and O–H groups in total. The molecule has 8 aromatic rings. The molecule has 2 aromatic heterocycles. The van der Waals surface area contributed by atoms with Crippen molar-refractivity contribution >= 4 is 42.3 Å². The van der Waals surface area contributed by atoms with E-state index in [1.807, 2.05) is 72.0 Å². The number of nitrogens with zero attached hydrogens (tertiary/aromatic N) is 3. The van der Waals surface area contributed by atoms with Gasteiger partial charge in [0.1, 0.15) is 11.5 Å². The quantitative estimate of drug-likeness (QED) is 0.217. The van der Waals surface area contributed by atoms with Crippen LogP contribution in [0.5, 0.6) is 11.5 Å². The standard InChI is InChI=1S/C37H21N3OS/c1-3-8-23(9-4-1)35-38-36(24-10-5-2-6-11-24)40-37(39-35)25-16-14-22(15-17-25)26-18-20-29-32-27(26)19-21-31-34(32)33-28(41-29)12-7-13-30(33)42-31/h1-21H. The van der Waals surface area contributed by atoms with E-state index >= 15 is 0 Å². The van der Waals surface area contributed by atoms with Gasteiger partial charge in [-0.25, -0.2) is 15.0 Å². The van der Waals surface area contributed by atoms with Crippen molar-refractivity contribution in [2.24, 2.45) is 0 Å². The zero-order valence-corrected chi connectivity index (χ0v) is 23.1. The van der Waals surface area contributed by atoms with Crippen molar-refractivity contribution in [3.63, 3.8) is 0 Å². The average Bonchev–Trinajstić information content (AvgIpc) is 3.46. The van der Waals surface area contributed by atoms with Crippen molar-refractivity contribution in [3.05, 3.63) is 127 Å². The third-order valence-corrected chi connectivity index (χ3v) is 9.06. The molecule has 42 heavy (non-hydrogen) atoms. The lowest BCUT2D eigenvalue weighted by atomic mass is 9.93. The van der Waals surface area contributed by atoms with Gasteiger partial charge in [-0.2, -0.15) is 0 Å². The number of rotatable bonds is 4. The van der Waals surface area contributed by atoms with E-state index in [9.17, 15) is 0 Å². The third kappa shape index (κ3) is 3.57. The van der Waals surface area contributed by atoms with Crippen molar-refractivity contribution in [1.29, 1.82) is 0 Å². The molecule has 9 rings (SSSR count). The number of thiophene rings is 1. The Hall–Kier alpha value is -5.39.